The number of aliphatic hydroxyl groups is 1. The Bertz CT molecular complexity index is 748. The van der Waals surface area contributed by atoms with E-state index in [0.29, 0.717) is 5.92 Å². The van der Waals surface area contributed by atoms with Gasteiger partial charge in [0.05, 0.1) is 6.61 Å². The molecule has 0 unspecified atom stereocenters. The van der Waals surface area contributed by atoms with E-state index in [4.69, 9.17) is 5.73 Å². The minimum Gasteiger partial charge on any atom is -0.394 e. The van der Waals surface area contributed by atoms with Crippen molar-refractivity contribution < 1.29 is 5.11 Å². The number of benzene rings is 1. The second-order valence-corrected chi connectivity index (χ2v) is 8.30. The Balaban J connectivity index is 1.38. The van der Waals surface area contributed by atoms with Crippen molar-refractivity contribution in [2.24, 2.45) is 11.7 Å². The molecule has 3 N–H and O–H groups in total. The minimum atomic E-state index is -0.370. The lowest BCUT2D eigenvalue weighted by Crippen LogP contribution is -2.40. The molecule has 2 aliphatic carbocycles. The van der Waals surface area contributed by atoms with Crippen molar-refractivity contribution in [3.63, 3.8) is 0 Å². The molecule has 1 aromatic heterocycles. The molecule has 26 heavy (non-hydrogen) atoms. The Morgan fingerprint density at radius 3 is 2.77 bits per heavy atom. The Labute approximate surface area is 155 Å². The lowest BCUT2D eigenvalue weighted by molar-refractivity contribution is 0.198. The molecule has 0 bridgehead atoms. The van der Waals surface area contributed by atoms with E-state index in [-0.39, 0.29) is 12.1 Å². The predicted octanol–water partition coefficient (Wildman–Crippen LogP) is 3.17. The fourth-order valence-electron chi connectivity index (χ4n) is 4.73. The van der Waals surface area contributed by atoms with Crippen LogP contribution in [-0.2, 0) is 19.3 Å². The molecule has 138 valence electrons. The van der Waals surface area contributed by atoms with Crippen LogP contribution in [0, 0.1) is 5.92 Å². The first-order valence-electron chi connectivity index (χ1n) is 9.92. The van der Waals surface area contributed by atoms with E-state index in [1.807, 2.05) is 18.5 Å². The van der Waals surface area contributed by atoms with E-state index in [0.717, 1.165) is 37.4 Å². The average Bonchev–Trinajstić information content (AvgIpc) is 3.09. The maximum atomic E-state index is 9.51. The summed E-state index contributed by atoms with van der Waals surface area (Å²) < 4.78 is 0. The van der Waals surface area contributed by atoms with E-state index in [9.17, 15) is 5.11 Å². The molecule has 3 atom stereocenters. The number of hydrogen-bond donors (Lipinski definition) is 2. The second kappa shape index (κ2) is 7.45. The third-order valence-electron chi connectivity index (χ3n) is 6.39. The first kappa shape index (κ1) is 17.6. The minimum absolute atomic E-state index is 0.0985. The van der Waals surface area contributed by atoms with Crippen LogP contribution in [0.3, 0.4) is 0 Å². The summed E-state index contributed by atoms with van der Waals surface area (Å²) in [6, 6.07) is 8.93. The largest absolute Gasteiger partial charge is 0.394 e. The van der Waals surface area contributed by atoms with Gasteiger partial charge in [-0.1, -0.05) is 18.2 Å². The number of aromatic nitrogens is 2. The molecular weight excluding hydrogens is 322 g/mol. The van der Waals surface area contributed by atoms with Crippen molar-refractivity contribution in [1.82, 2.24) is 9.97 Å². The molecule has 1 fully saturated rings. The van der Waals surface area contributed by atoms with Crippen molar-refractivity contribution in [1.29, 1.82) is 0 Å². The Hall–Kier alpha value is -1.78. The van der Waals surface area contributed by atoms with Crippen LogP contribution < -0.4 is 5.73 Å². The van der Waals surface area contributed by atoms with Gasteiger partial charge in [0.15, 0.2) is 0 Å². The Morgan fingerprint density at radius 1 is 1.15 bits per heavy atom. The van der Waals surface area contributed by atoms with E-state index in [1.165, 1.54) is 42.4 Å². The van der Waals surface area contributed by atoms with Gasteiger partial charge in [0.2, 0.25) is 0 Å². The number of rotatable bonds is 5. The molecule has 2 aliphatic rings. The highest BCUT2D eigenvalue weighted by atomic mass is 16.3. The predicted molar refractivity (Wildman–Crippen MR) is 103 cm³/mol. The smallest absolute Gasteiger partial charge is 0.128 e. The molecule has 4 rings (SSSR count). The van der Waals surface area contributed by atoms with Crippen molar-refractivity contribution in [2.75, 3.05) is 6.61 Å². The Morgan fingerprint density at radius 2 is 2.00 bits per heavy atom. The van der Waals surface area contributed by atoms with Crippen LogP contribution in [0.5, 0.6) is 0 Å². The number of fused-ring (bicyclic) bond motifs is 1. The number of aliphatic hydroxyl groups excluding tert-OH is 1. The number of nitrogens with zero attached hydrogens (tertiary/aromatic N) is 2. The molecule has 0 aliphatic heterocycles. The quantitative estimate of drug-likeness (QED) is 0.868. The van der Waals surface area contributed by atoms with E-state index >= 15 is 0 Å². The van der Waals surface area contributed by atoms with Gasteiger partial charge in [-0.25, -0.2) is 9.97 Å². The van der Waals surface area contributed by atoms with Crippen molar-refractivity contribution in [2.45, 2.75) is 62.8 Å². The molecule has 1 aromatic carbocycles. The maximum absolute atomic E-state index is 9.51. The highest BCUT2D eigenvalue weighted by Crippen LogP contribution is 2.40. The van der Waals surface area contributed by atoms with Gasteiger partial charge in [-0.2, -0.15) is 0 Å². The van der Waals surface area contributed by atoms with Crippen LogP contribution in [0.15, 0.2) is 36.7 Å². The average molecular weight is 351 g/mol. The summed E-state index contributed by atoms with van der Waals surface area (Å²) in [4.78, 5) is 8.69. The summed E-state index contributed by atoms with van der Waals surface area (Å²) >= 11 is 0. The fourth-order valence-corrected chi connectivity index (χ4v) is 4.73. The van der Waals surface area contributed by atoms with Gasteiger partial charge >= 0.3 is 0 Å². The summed E-state index contributed by atoms with van der Waals surface area (Å²) in [5.41, 5.74) is 10.3. The van der Waals surface area contributed by atoms with Crippen LogP contribution in [-0.4, -0.2) is 27.2 Å². The molecule has 2 aromatic rings. The number of nitrogens with two attached hydrogens (primary N) is 1. The van der Waals surface area contributed by atoms with Crippen molar-refractivity contribution in [3.8, 4) is 0 Å². The molecule has 1 saturated carbocycles. The molecular formula is C22H29N3O. The standard InChI is InChI=1S/C22H29N3O/c23-22(15-26)9-8-20(14-22)19-6-5-17-12-16(2-4-18(17)13-19)3-7-21-24-10-1-11-25-21/h1,5-6,10-11,13,16,20,26H,2-4,7-9,12,14-15,23H2/t16-,20-,22+/m0/s1. The topological polar surface area (TPSA) is 72.0 Å². The number of aryl methyl sites for hydroxylation is 2. The zero-order chi connectivity index (χ0) is 18.0. The maximum Gasteiger partial charge on any atom is 0.128 e. The van der Waals surface area contributed by atoms with Gasteiger partial charge in [0, 0.05) is 24.4 Å². The fraction of sp³-hybridized carbons (Fsp3) is 0.545. The van der Waals surface area contributed by atoms with Gasteiger partial charge in [0.25, 0.3) is 0 Å². The SMILES string of the molecule is N[C@]1(CO)CC[C@H](c2ccc3c(c2)CC[C@@H](CCc2ncccn2)C3)C1. The summed E-state index contributed by atoms with van der Waals surface area (Å²) in [7, 11) is 0. The van der Waals surface area contributed by atoms with Gasteiger partial charge in [-0.3, -0.25) is 0 Å². The normalized spacial score (nSPS) is 28.1. The van der Waals surface area contributed by atoms with Crippen LogP contribution in [0.4, 0.5) is 0 Å². The molecule has 1 heterocycles. The van der Waals surface area contributed by atoms with Crippen LogP contribution in [0.25, 0.3) is 0 Å². The second-order valence-electron chi connectivity index (χ2n) is 8.30. The third-order valence-corrected chi connectivity index (χ3v) is 6.39. The third kappa shape index (κ3) is 3.81. The van der Waals surface area contributed by atoms with Gasteiger partial charge in [-0.15, -0.1) is 0 Å². The molecule has 4 heteroatoms. The van der Waals surface area contributed by atoms with Crippen LogP contribution in [0.1, 0.15) is 60.5 Å². The zero-order valence-electron chi connectivity index (χ0n) is 15.4. The summed E-state index contributed by atoms with van der Waals surface area (Å²) in [5, 5.41) is 9.51. The van der Waals surface area contributed by atoms with Gasteiger partial charge in [0.1, 0.15) is 5.82 Å². The van der Waals surface area contributed by atoms with Crippen LogP contribution >= 0.6 is 0 Å². The van der Waals surface area contributed by atoms with Crippen molar-refractivity contribution in [3.05, 3.63) is 59.2 Å². The zero-order valence-corrected chi connectivity index (χ0v) is 15.4. The van der Waals surface area contributed by atoms with E-state index < -0.39 is 0 Å². The van der Waals surface area contributed by atoms with E-state index in [2.05, 4.69) is 28.2 Å². The summed E-state index contributed by atoms with van der Waals surface area (Å²) in [6.45, 7) is 0.0985. The summed E-state index contributed by atoms with van der Waals surface area (Å²) in [5.74, 6) is 2.20. The van der Waals surface area contributed by atoms with Gasteiger partial charge < -0.3 is 10.8 Å². The lowest BCUT2D eigenvalue weighted by atomic mass is 9.80. The van der Waals surface area contributed by atoms with Gasteiger partial charge in [-0.05, 0) is 79.5 Å². The molecule has 0 amide bonds. The molecule has 0 saturated heterocycles. The summed E-state index contributed by atoms with van der Waals surface area (Å²) in [6.07, 6.45) is 12.3. The number of hydrogen-bond acceptors (Lipinski definition) is 4. The Kier molecular flexibility index (Phi) is 5.05. The highest BCUT2D eigenvalue weighted by molar-refractivity contribution is 5.36. The molecule has 0 spiro atoms. The van der Waals surface area contributed by atoms with E-state index in [1.54, 1.807) is 0 Å². The highest BCUT2D eigenvalue weighted by Gasteiger charge is 2.36. The first-order chi connectivity index (χ1) is 12.6. The van der Waals surface area contributed by atoms with Crippen molar-refractivity contribution >= 4 is 0 Å². The first-order valence-corrected chi connectivity index (χ1v) is 9.92. The van der Waals surface area contributed by atoms with Crippen LogP contribution in [0.2, 0.25) is 0 Å². The molecule has 4 nitrogen and oxygen atoms in total. The molecule has 0 radical (unpaired) electrons. The lowest BCUT2D eigenvalue weighted by Gasteiger charge is -2.26. The monoisotopic (exact) mass is 351 g/mol.